The van der Waals surface area contributed by atoms with Gasteiger partial charge in [-0.05, 0) is 29.2 Å². The van der Waals surface area contributed by atoms with Gasteiger partial charge in [-0.3, -0.25) is 9.59 Å². The summed E-state index contributed by atoms with van der Waals surface area (Å²) in [5, 5.41) is 17.6. The molecule has 5 nitrogen and oxygen atoms in total. The highest BCUT2D eigenvalue weighted by atomic mass is 16.3. The lowest BCUT2D eigenvalue weighted by Crippen LogP contribution is -2.44. The Morgan fingerprint density at radius 2 is 1.75 bits per heavy atom. The molecular weight excluding hydrogens is 304 g/mol. The van der Waals surface area contributed by atoms with E-state index in [1.165, 1.54) is 0 Å². The van der Waals surface area contributed by atoms with Gasteiger partial charge in [0.2, 0.25) is 0 Å². The Labute approximate surface area is 141 Å². The van der Waals surface area contributed by atoms with Crippen molar-refractivity contribution in [3.05, 3.63) is 48.0 Å². The van der Waals surface area contributed by atoms with Crippen molar-refractivity contribution in [2.45, 2.75) is 37.8 Å². The van der Waals surface area contributed by atoms with Crippen LogP contribution in [0.3, 0.4) is 0 Å². The zero-order valence-electron chi connectivity index (χ0n) is 13.5. The van der Waals surface area contributed by atoms with Crippen molar-refractivity contribution in [2.24, 2.45) is 0 Å². The predicted octanol–water partition coefficient (Wildman–Crippen LogP) is 2.05. The van der Waals surface area contributed by atoms with Crippen LogP contribution < -0.4 is 10.6 Å². The summed E-state index contributed by atoms with van der Waals surface area (Å²) in [6, 6.07) is 13.5. The number of rotatable bonds is 4. The van der Waals surface area contributed by atoms with Crippen molar-refractivity contribution < 1.29 is 14.7 Å². The van der Waals surface area contributed by atoms with Gasteiger partial charge in [-0.1, -0.05) is 55.3 Å². The standard InChI is InChI=1S/C19H22N2O3/c22-17(16-11-5-7-13-6-1-4-10-15(13)16)12-20-18(23)19(24)21-14-8-2-3-9-14/h1,4-7,10-11,14,17,22H,2-3,8-9,12H2,(H,20,23)(H,21,24). The van der Waals surface area contributed by atoms with Crippen LogP contribution in [0.5, 0.6) is 0 Å². The molecule has 24 heavy (non-hydrogen) atoms. The van der Waals surface area contributed by atoms with Gasteiger partial charge in [0.1, 0.15) is 0 Å². The first-order valence-electron chi connectivity index (χ1n) is 8.39. The second kappa shape index (κ2) is 7.45. The summed E-state index contributed by atoms with van der Waals surface area (Å²) in [5.74, 6) is -1.31. The SMILES string of the molecule is O=C(NCC(O)c1cccc2ccccc12)C(=O)NC1CCCC1. The molecule has 1 atom stereocenters. The number of nitrogens with one attached hydrogen (secondary N) is 2. The van der Waals surface area contributed by atoms with E-state index in [2.05, 4.69) is 10.6 Å². The Morgan fingerprint density at radius 3 is 2.54 bits per heavy atom. The molecule has 3 rings (SSSR count). The molecule has 1 unspecified atom stereocenters. The topological polar surface area (TPSA) is 78.4 Å². The van der Waals surface area contributed by atoms with Crippen molar-refractivity contribution in [3.63, 3.8) is 0 Å². The quantitative estimate of drug-likeness (QED) is 0.753. The van der Waals surface area contributed by atoms with Crippen molar-refractivity contribution in [3.8, 4) is 0 Å². The van der Waals surface area contributed by atoms with E-state index >= 15 is 0 Å². The van der Waals surface area contributed by atoms with Gasteiger partial charge in [0.25, 0.3) is 0 Å². The van der Waals surface area contributed by atoms with Crippen LogP contribution in [0.15, 0.2) is 42.5 Å². The van der Waals surface area contributed by atoms with Crippen molar-refractivity contribution >= 4 is 22.6 Å². The third-order valence-electron chi connectivity index (χ3n) is 4.53. The molecule has 0 saturated heterocycles. The third-order valence-corrected chi connectivity index (χ3v) is 4.53. The molecule has 0 bridgehead atoms. The Morgan fingerprint density at radius 1 is 1.04 bits per heavy atom. The fourth-order valence-electron chi connectivity index (χ4n) is 3.24. The molecule has 0 radical (unpaired) electrons. The van der Waals surface area contributed by atoms with E-state index < -0.39 is 17.9 Å². The number of carbonyl (C=O) groups excluding carboxylic acids is 2. The van der Waals surface area contributed by atoms with Crippen LogP contribution in [0.1, 0.15) is 37.4 Å². The van der Waals surface area contributed by atoms with Crippen LogP contribution in [0.25, 0.3) is 10.8 Å². The van der Waals surface area contributed by atoms with Crippen LogP contribution >= 0.6 is 0 Å². The molecule has 2 aromatic rings. The lowest BCUT2D eigenvalue weighted by atomic mass is 10.0. The highest BCUT2D eigenvalue weighted by Gasteiger charge is 2.22. The minimum Gasteiger partial charge on any atom is -0.387 e. The zero-order valence-corrected chi connectivity index (χ0v) is 13.5. The van der Waals surface area contributed by atoms with Crippen LogP contribution in [0, 0.1) is 0 Å². The number of aliphatic hydroxyl groups excluding tert-OH is 1. The molecule has 126 valence electrons. The van der Waals surface area contributed by atoms with Gasteiger partial charge >= 0.3 is 11.8 Å². The number of amides is 2. The number of benzene rings is 2. The molecular formula is C19H22N2O3. The molecule has 0 aromatic heterocycles. The van der Waals surface area contributed by atoms with Gasteiger partial charge in [-0.2, -0.15) is 0 Å². The summed E-state index contributed by atoms with van der Waals surface area (Å²) < 4.78 is 0. The maximum absolute atomic E-state index is 11.9. The van der Waals surface area contributed by atoms with E-state index in [9.17, 15) is 14.7 Å². The Kier molecular flexibility index (Phi) is 5.11. The molecule has 0 heterocycles. The van der Waals surface area contributed by atoms with Gasteiger partial charge in [0.15, 0.2) is 0 Å². The molecule has 0 aliphatic heterocycles. The number of hydrogen-bond donors (Lipinski definition) is 3. The van der Waals surface area contributed by atoms with Gasteiger partial charge < -0.3 is 15.7 Å². The number of aliphatic hydroxyl groups is 1. The lowest BCUT2D eigenvalue weighted by Gasteiger charge is -2.15. The smallest absolute Gasteiger partial charge is 0.309 e. The van der Waals surface area contributed by atoms with E-state index in [0.29, 0.717) is 0 Å². The highest BCUT2D eigenvalue weighted by molar-refractivity contribution is 6.35. The van der Waals surface area contributed by atoms with Crippen LogP contribution in [-0.4, -0.2) is 29.5 Å². The summed E-state index contributed by atoms with van der Waals surface area (Å²) in [6.07, 6.45) is 3.17. The molecule has 1 aliphatic carbocycles. The van der Waals surface area contributed by atoms with Gasteiger partial charge in [0, 0.05) is 12.6 Å². The molecule has 5 heteroatoms. The molecule has 1 saturated carbocycles. The zero-order chi connectivity index (χ0) is 16.9. The Balaban J connectivity index is 1.59. The lowest BCUT2D eigenvalue weighted by molar-refractivity contribution is -0.139. The fourth-order valence-corrected chi connectivity index (χ4v) is 3.24. The molecule has 3 N–H and O–H groups in total. The molecule has 1 fully saturated rings. The molecule has 2 amide bonds. The average Bonchev–Trinajstić information content (AvgIpc) is 3.11. The van der Waals surface area contributed by atoms with E-state index in [1.54, 1.807) is 0 Å². The average molecular weight is 326 g/mol. The first-order chi connectivity index (χ1) is 11.6. The molecule has 2 aromatic carbocycles. The minimum atomic E-state index is -0.862. The molecule has 0 spiro atoms. The summed E-state index contributed by atoms with van der Waals surface area (Å²) in [5.41, 5.74) is 0.740. The van der Waals surface area contributed by atoms with E-state index in [-0.39, 0.29) is 12.6 Å². The van der Waals surface area contributed by atoms with E-state index in [1.807, 2.05) is 42.5 Å². The van der Waals surface area contributed by atoms with Crippen LogP contribution in [-0.2, 0) is 9.59 Å². The largest absolute Gasteiger partial charge is 0.387 e. The number of fused-ring (bicyclic) bond motifs is 1. The maximum atomic E-state index is 11.9. The van der Waals surface area contributed by atoms with Gasteiger partial charge in [-0.15, -0.1) is 0 Å². The Bertz CT molecular complexity index is 733. The van der Waals surface area contributed by atoms with Crippen LogP contribution in [0.4, 0.5) is 0 Å². The second-order valence-electron chi connectivity index (χ2n) is 6.25. The fraction of sp³-hybridized carbons (Fsp3) is 0.368. The first-order valence-corrected chi connectivity index (χ1v) is 8.39. The summed E-state index contributed by atoms with van der Waals surface area (Å²) in [6.45, 7) is 0.00489. The minimum absolute atomic E-state index is 0.00489. The van der Waals surface area contributed by atoms with Crippen molar-refractivity contribution in [1.29, 1.82) is 0 Å². The summed E-state index contributed by atoms with van der Waals surface area (Å²) in [7, 11) is 0. The molecule has 1 aliphatic rings. The second-order valence-corrected chi connectivity index (χ2v) is 6.25. The van der Waals surface area contributed by atoms with Gasteiger partial charge in [-0.25, -0.2) is 0 Å². The third kappa shape index (κ3) is 3.74. The number of hydrogen-bond acceptors (Lipinski definition) is 3. The van der Waals surface area contributed by atoms with Crippen molar-refractivity contribution in [2.75, 3.05) is 6.54 Å². The monoisotopic (exact) mass is 326 g/mol. The number of carbonyl (C=O) groups is 2. The van der Waals surface area contributed by atoms with Crippen LogP contribution in [0.2, 0.25) is 0 Å². The first kappa shape index (κ1) is 16.5. The summed E-state index contributed by atoms with van der Waals surface area (Å²) in [4.78, 5) is 23.8. The summed E-state index contributed by atoms with van der Waals surface area (Å²) >= 11 is 0. The van der Waals surface area contributed by atoms with Crippen molar-refractivity contribution in [1.82, 2.24) is 10.6 Å². The van der Waals surface area contributed by atoms with E-state index in [0.717, 1.165) is 42.0 Å². The van der Waals surface area contributed by atoms with E-state index in [4.69, 9.17) is 0 Å². The predicted molar refractivity (Wildman–Crippen MR) is 92.3 cm³/mol. The highest BCUT2D eigenvalue weighted by Crippen LogP contribution is 2.23. The Hall–Kier alpha value is -2.40. The maximum Gasteiger partial charge on any atom is 0.309 e. The normalized spacial score (nSPS) is 16.0. The van der Waals surface area contributed by atoms with Gasteiger partial charge in [0.05, 0.1) is 6.10 Å².